The van der Waals surface area contributed by atoms with Crippen LogP contribution in [0, 0.1) is 5.41 Å². The second kappa shape index (κ2) is 9.69. The summed E-state index contributed by atoms with van der Waals surface area (Å²) in [6.07, 6.45) is 0.968. The van der Waals surface area contributed by atoms with Crippen molar-refractivity contribution in [2.75, 3.05) is 26.2 Å². The zero-order chi connectivity index (χ0) is 21.5. The quantitative estimate of drug-likeness (QED) is 0.429. The van der Waals surface area contributed by atoms with Crippen molar-refractivity contribution >= 4 is 17.8 Å². The number of hydrogen-bond donors (Lipinski definition) is 1. The first-order valence-electron chi connectivity index (χ1n) is 9.71. The van der Waals surface area contributed by atoms with Gasteiger partial charge in [0.15, 0.2) is 11.2 Å². The topological polar surface area (TPSA) is 84.9 Å². The van der Waals surface area contributed by atoms with E-state index in [1.165, 1.54) is 6.08 Å². The highest BCUT2D eigenvalue weighted by atomic mass is 16.6. The van der Waals surface area contributed by atoms with Gasteiger partial charge in [-0.15, -0.1) is 0 Å². The van der Waals surface area contributed by atoms with Gasteiger partial charge in [0.1, 0.15) is 12.2 Å². The Morgan fingerprint density at radius 3 is 2.59 bits per heavy atom. The third-order valence-electron chi connectivity index (χ3n) is 4.59. The number of hydrogen-bond acceptors (Lipinski definition) is 6. The van der Waals surface area contributed by atoms with Gasteiger partial charge in [0.25, 0.3) is 0 Å². The van der Waals surface area contributed by atoms with Crippen LogP contribution >= 0.6 is 0 Å². The number of Topliss-reactive ketones (excluding diaryl/α,β-unsaturated/α-hetero) is 1. The molecule has 0 radical (unpaired) electrons. The molecule has 2 rings (SSSR count). The van der Waals surface area contributed by atoms with E-state index < -0.39 is 23.1 Å². The summed E-state index contributed by atoms with van der Waals surface area (Å²) in [6, 6.07) is 9.81. The number of amides is 1. The molecule has 1 aliphatic rings. The van der Waals surface area contributed by atoms with Gasteiger partial charge in [-0.2, -0.15) is 0 Å². The van der Waals surface area contributed by atoms with Crippen LogP contribution in [0.2, 0.25) is 0 Å². The van der Waals surface area contributed by atoms with Crippen LogP contribution in [-0.4, -0.2) is 54.6 Å². The predicted octanol–water partition coefficient (Wildman–Crippen LogP) is 2.70. The fourth-order valence-electron chi connectivity index (χ4n) is 3.24. The SMILES string of the molecule is C=CCOC(=O)C1(CNC(=O)OC(C)(C)C)CN(Cc2ccccc2)CCC1=O. The lowest BCUT2D eigenvalue weighted by atomic mass is 9.78. The second-order valence-electron chi connectivity index (χ2n) is 8.19. The van der Waals surface area contributed by atoms with Crippen molar-refractivity contribution in [3.8, 4) is 0 Å². The van der Waals surface area contributed by atoms with Crippen molar-refractivity contribution in [2.45, 2.75) is 39.3 Å². The van der Waals surface area contributed by atoms with Crippen molar-refractivity contribution in [3.05, 3.63) is 48.6 Å². The van der Waals surface area contributed by atoms with Crippen molar-refractivity contribution in [1.29, 1.82) is 0 Å². The molecular formula is C22H30N2O5. The Labute approximate surface area is 172 Å². The molecule has 1 N–H and O–H groups in total. The monoisotopic (exact) mass is 402 g/mol. The fraction of sp³-hybridized carbons (Fsp3) is 0.500. The van der Waals surface area contributed by atoms with Gasteiger partial charge in [0, 0.05) is 32.6 Å². The van der Waals surface area contributed by atoms with Gasteiger partial charge in [0.2, 0.25) is 0 Å². The summed E-state index contributed by atoms with van der Waals surface area (Å²) in [5.41, 5.74) is -1.08. The van der Waals surface area contributed by atoms with E-state index in [0.717, 1.165) is 5.56 Å². The van der Waals surface area contributed by atoms with Crippen LogP contribution in [-0.2, 0) is 25.6 Å². The number of carbonyl (C=O) groups excluding carboxylic acids is 3. The molecule has 1 fully saturated rings. The van der Waals surface area contributed by atoms with Crippen molar-refractivity contribution in [1.82, 2.24) is 10.2 Å². The molecule has 7 heteroatoms. The number of alkyl carbamates (subject to hydrolysis) is 1. The third kappa shape index (κ3) is 6.42. The zero-order valence-corrected chi connectivity index (χ0v) is 17.4. The van der Waals surface area contributed by atoms with Crippen molar-refractivity contribution < 1.29 is 23.9 Å². The van der Waals surface area contributed by atoms with E-state index in [2.05, 4.69) is 11.9 Å². The molecule has 1 unspecified atom stereocenters. The van der Waals surface area contributed by atoms with Crippen LogP contribution in [0.1, 0.15) is 32.8 Å². The number of nitrogens with zero attached hydrogens (tertiary/aromatic N) is 1. The normalized spacial score (nSPS) is 20.0. The van der Waals surface area contributed by atoms with Gasteiger partial charge in [-0.05, 0) is 26.3 Å². The highest BCUT2D eigenvalue weighted by Crippen LogP contribution is 2.29. The van der Waals surface area contributed by atoms with Crippen LogP contribution in [0.4, 0.5) is 4.79 Å². The Balaban J connectivity index is 2.19. The summed E-state index contributed by atoms with van der Waals surface area (Å²) < 4.78 is 10.5. The molecule has 0 bridgehead atoms. The number of benzene rings is 1. The van der Waals surface area contributed by atoms with Gasteiger partial charge in [-0.25, -0.2) is 4.79 Å². The van der Waals surface area contributed by atoms with Crippen molar-refractivity contribution in [2.24, 2.45) is 5.41 Å². The molecule has 1 atom stereocenters. The average Bonchev–Trinajstić information content (AvgIpc) is 2.66. The Hall–Kier alpha value is -2.67. The lowest BCUT2D eigenvalue weighted by Crippen LogP contribution is -2.59. The predicted molar refractivity (Wildman–Crippen MR) is 109 cm³/mol. The first-order valence-corrected chi connectivity index (χ1v) is 9.71. The number of rotatable bonds is 7. The number of likely N-dealkylation sites (tertiary alicyclic amines) is 1. The van der Waals surface area contributed by atoms with Gasteiger partial charge in [-0.1, -0.05) is 43.0 Å². The number of ketones is 1. The molecule has 1 aromatic rings. The second-order valence-corrected chi connectivity index (χ2v) is 8.19. The summed E-state index contributed by atoms with van der Waals surface area (Å²) in [5, 5.41) is 2.59. The Bertz CT molecular complexity index is 741. The molecule has 1 saturated heterocycles. The highest BCUT2D eigenvalue weighted by molar-refractivity contribution is 6.05. The molecule has 1 heterocycles. The molecule has 29 heavy (non-hydrogen) atoms. The molecule has 7 nitrogen and oxygen atoms in total. The number of carbonyl (C=O) groups is 3. The lowest BCUT2D eigenvalue weighted by Gasteiger charge is -2.39. The van der Waals surface area contributed by atoms with Gasteiger partial charge < -0.3 is 14.8 Å². The van der Waals surface area contributed by atoms with E-state index in [1.54, 1.807) is 20.8 Å². The Morgan fingerprint density at radius 2 is 1.97 bits per heavy atom. The standard InChI is InChI=1S/C22H30N2O5/c1-5-13-28-19(26)22(15-23-20(27)29-21(2,3)4)16-24(12-11-18(22)25)14-17-9-7-6-8-10-17/h5-10H,1,11-16H2,2-4H3,(H,23,27). The minimum atomic E-state index is -1.48. The maximum absolute atomic E-state index is 12.9. The number of piperidine rings is 1. The third-order valence-corrected chi connectivity index (χ3v) is 4.59. The summed E-state index contributed by atoms with van der Waals surface area (Å²) in [7, 11) is 0. The van der Waals surface area contributed by atoms with Crippen LogP contribution in [0.3, 0.4) is 0 Å². The Kier molecular flexibility index (Phi) is 7.56. The summed E-state index contributed by atoms with van der Waals surface area (Å²) in [5.74, 6) is -0.900. The maximum atomic E-state index is 12.9. The molecule has 1 aliphatic heterocycles. The first kappa shape index (κ1) is 22.6. The molecule has 1 aromatic carbocycles. The molecule has 0 saturated carbocycles. The molecule has 158 valence electrons. The molecule has 0 aliphatic carbocycles. The average molecular weight is 402 g/mol. The van der Waals surface area contributed by atoms with Gasteiger partial charge in [-0.3, -0.25) is 14.5 Å². The highest BCUT2D eigenvalue weighted by Gasteiger charge is 2.50. The largest absolute Gasteiger partial charge is 0.461 e. The number of ether oxygens (including phenoxy) is 2. The van der Waals surface area contributed by atoms with E-state index in [-0.39, 0.29) is 31.9 Å². The lowest BCUT2D eigenvalue weighted by molar-refractivity contribution is -0.163. The zero-order valence-electron chi connectivity index (χ0n) is 17.4. The van der Waals surface area contributed by atoms with Gasteiger partial charge in [0.05, 0.1) is 0 Å². The Morgan fingerprint density at radius 1 is 1.28 bits per heavy atom. The summed E-state index contributed by atoms with van der Waals surface area (Å²) >= 11 is 0. The van der Waals surface area contributed by atoms with E-state index in [9.17, 15) is 14.4 Å². The van der Waals surface area contributed by atoms with E-state index in [1.807, 2.05) is 35.2 Å². The molecule has 0 spiro atoms. The molecule has 1 amide bonds. The van der Waals surface area contributed by atoms with Crippen molar-refractivity contribution in [3.63, 3.8) is 0 Å². The number of esters is 1. The molecule has 0 aromatic heterocycles. The van der Waals surface area contributed by atoms with Crippen LogP contribution in [0.15, 0.2) is 43.0 Å². The number of nitrogens with one attached hydrogen (secondary N) is 1. The van der Waals surface area contributed by atoms with Crippen LogP contribution < -0.4 is 5.32 Å². The van der Waals surface area contributed by atoms with E-state index in [4.69, 9.17) is 9.47 Å². The van der Waals surface area contributed by atoms with Crippen LogP contribution in [0.25, 0.3) is 0 Å². The van der Waals surface area contributed by atoms with Crippen LogP contribution in [0.5, 0.6) is 0 Å². The summed E-state index contributed by atoms with van der Waals surface area (Å²) in [4.78, 5) is 39.9. The fourth-order valence-corrected chi connectivity index (χ4v) is 3.24. The smallest absolute Gasteiger partial charge is 0.407 e. The molecular weight excluding hydrogens is 372 g/mol. The summed E-state index contributed by atoms with van der Waals surface area (Å²) in [6.45, 7) is 9.89. The first-order chi connectivity index (χ1) is 13.7. The minimum Gasteiger partial charge on any atom is -0.461 e. The minimum absolute atomic E-state index is 0.00101. The maximum Gasteiger partial charge on any atom is 0.407 e. The van der Waals surface area contributed by atoms with Gasteiger partial charge >= 0.3 is 12.1 Å². The van der Waals surface area contributed by atoms with E-state index >= 15 is 0 Å². The van der Waals surface area contributed by atoms with E-state index in [0.29, 0.717) is 13.1 Å².